The molecule has 0 aliphatic carbocycles. The van der Waals surface area contributed by atoms with Crippen LogP contribution in [0.1, 0.15) is 5.56 Å². The summed E-state index contributed by atoms with van der Waals surface area (Å²) in [5.41, 5.74) is 0.690. The monoisotopic (exact) mass is 418 g/mol. The molecular weight excluding hydrogens is 399 g/mol. The first-order chi connectivity index (χ1) is 14.0. The number of anilines is 1. The van der Waals surface area contributed by atoms with E-state index in [9.17, 15) is 14.0 Å². The number of ether oxygens (including phenoxy) is 2. The number of hydrogen-bond donors (Lipinski definition) is 0. The molecule has 0 saturated carbocycles. The van der Waals surface area contributed by atoms with E-state index in [0.29, 0.717) is 37.7 Å². The maximum atomic E-state index is 14.2. The van der Waals surface area contributed by atoms with E-state index in [2.05, 4.69) is 0 Å². The summed E-state index contributed by atoms with van der Waals surface area (Å²) in [4.78, 5) is 29.2. The molecule has 4 rings (SSSR count). The van der Waals surface area contributed by atoms with Crippen molar-refractivity contribution in [3.8, 4) is 5.75 Å². The molecule has 0 unspecified atom stereocenters. The molecule has 2 aliphatic rings. The van der Waals surface area contributed by atoms with E-state index < -0.39 is 11.9 Å². The van der Waals surface area contributed by atoms with Gasteiger partial charge in [-0.3, -0.25) is 9.59 Å². The molecule has 2 amide bonds. The van der Waals surface area contributed by atoms with Gasteiger partial charge in [0.15, 0.2) is 6.10 Å². The third kappa shape index (κ3) is 4.06. The highest BCUT2D eigenvalue weighted by atomic mass is 35.5. The maximum absolute atomic E-state index is 14.2. The molecular formula is C21H20ClFN2O4. The van der Waals surface area contributed by atoms with Crippen molar-refractivity contribution in [2.75, 3.05) is 37.7 Å². The van der Waals surface area contributed by atoms with Crippen LogP contribution in [-0.4, -0.2) is 55.7 Å². The van der Waals surface area contributed by atoms with Crippen LogP contribution >= 0.6 is 11.6 Å². The molecule has 1 fully saturated rings. The summed E-state index contributed by atoms with van der Waals surface area (Å²) in [7, 11) is 0. The molecule has 0 bridgehead atoms. The normalized spacial score (nSPS) is 18.8. The number of rotatable bonds is 3. The first-order valence-corrected chi connectivity index (χ1v) is 9.78. The minimum atomic E-state index is -0.831. The first-order valence-electron chi connectivity index (χ1n) is 9.40. The number of fused-ring (bicyclic) bond motifs is 1. The van der Waals surface area contributed by atoms with Crippen molar-refractivity contribution in [2.24, 2.45) is 0 Å². The Kier molecular flexibility index (Phi) is 5.69. The van der Waals surface area contributed by atoms with E-state index in [0.717, 1.165) is 0 Å². The van der Waals surface area contributed by atoms with Crippen molar-refractivity contribution in [1.29, 1.82) is 0 Å². The Morgan fingerprint density at radius 1 is 1.10 bits per heavy atom. The Hall–Kier alpha value is -2.64. The summed E-state index contributed by atoms with van der Waals surface area (Å²) in [6.07, 6.45) is -1.04. The van der Waals surface area contributed by atoms with E-state index >= 15 is 0 Å². The van der Waals surface area contributed by atoms with Crippen LogP contribution in [0.15, 0.2) is 42.5 Å². The van der Waals surface area contributed by atoms with Gasteiger partial charge in [-0.1, -0.05) is 29.8 Å². The van der Waals surface area contributed by atoms with Crippen molar-refractivity contribution >= 4 is 29.1 Å². The molecule has 0 aromatic heterocycles. The van der Waals surface area contributed by atoms with Crippen molar-refractivity contribution in [2.45, 2.75) is 12.5 Å². The molecule has 1 atom stereocenters. The quantitative estimate of drug-likeness (QED) is 0.769. The molecule has 6 nitrogen and oxygen atoms in total. The average molecular weight is 419 g/mol. The van der Waals surface area contributed by atoms with Crippen molar-refractivity contribution in [3.05, 3.63) is 58.9 Å². The number of amides is 2. The van der Waals surface area contributed by atoms with Crippen LogP contribution in [0.3, 0.4) is 0 Å². The standard InChI is InChI=1S/C21H20ClFN2O4/c22-15-4-3-5-16(23)14(15)12-20(26)25-13-19(21(27)24-8-10-28-11-9-24)29-18-7-2-1-6-17(18)25/h1-7,19H,8-13H2/t19-/m1/s1. The fourth-order valence-corrected chi connectivity index (χ4v) is 3.76. The van der Waals surface area contributed by atoms with E-state index in [1.807, 2.05) is 0 Å². The minimum Gasteiger partial charge on any atom is -0.476 e. The molecule has 8 heteroatoms. The number of benzene rings is 2. The van der Waals surface area contributed by atoms with Crippen molar-refractivity contribution < 1.29 is 23.5 Å². The topological polar surface area (TPSA) is 59.1 Å². The van der Waals surface area contributed by atoms with E-state index in [1.54, 1.807) is 35.2 Å². The third-order valence-electron chi connectivity index (χ3n) is 5.06. The zero-order chi connectivity index (χ0) is 20.4. The zero-order valence-corrected chi connectivity index (χ0v) is 16.4. The lowest BCUT2D eigenvalue weighted by molar-refractivity contribution is -0.142. The van der Waals surface area contributed by atoms with Crippen LogP contribution in [0.4, 0.5) is 10.1 Å². The molecule has 0 radical (unpaired) electrons. The SMILES string of the molecule is O=C([C@H]1CN(C(=O)Cc2c(F)cccc2Cl)c2ccccc2O1)N1CCOCC1. The summed E-state index contributed by atoms with van der Waals surface area (Å²) in [6, 6.07) is 11.3. The fourth-order valence-electron chi connectivity index (χ4n) is 3.53. The molecule has 1 saturated heterocycles. The summed E-state index contributed by atoms with van der Waals surface area (Å²) in [6.45, 7) is 1.98. The van der Waals surface area contributed by atoms with Crippen LogP contribution in [0.2, 0.25) is 5.02 Å². The summed E-state index contributed by atoms with van der Waals surface area (Å²) < 4.78 is 25.4. The molecule has 29 heavy (non-hydrogen) atoms. The second-order valence-electron chi connectivity index (χ2n) is 6.89. The number of hydrogen-bond acceptors (Lipinski definition) is 4. The van der Waals surface area contributed by atoms with Crippen LogP contribution in [0.25, 0.3) is 0 Å². The summed E-state index contributed by atoms with van der Waals surface area (Å²) in [5, 5.41) is 0.195. The number of nitrogens with zero attached hydrogens (tertiary/aromatic N) is 2. The fraction of sp³-hybridized carbons (Fsp3) is 0.333. The smallest absolute Gasteiger partial charge is 0.265 e. The Labute approximate surface area is 172 Å². The van der Waals surface area contributed by atoms with Gasteiger partial charge in [-0.2, -0.15) is 0 Å². The highest BCUT2D eigenvalue weighted by Crippen LogP contribution is 2.34. The Morgan fingerprint density at radius 3 is 2.62 bits per heavy atom. The third-order valence-corrected chi connectivity index (χ3v) is 5.42. The predicted octanol–water partition coefficient (Wildman–Crippen LogP) is 2.67. The van der Waals surface area contributed by atoms with Crippen LogP contribution in [0.5, 0.6) is 5.75 Å². The van der Waals surface area contributed by atoms with Crippen LogP contribution in [0, 0.1) is 5.82 Å². The number of morpholine rings is 1. The zero-order valence-electron chi connectivity index (χ0n) is 15.6. The molecule has 2 aromatic rings. The number of halogens is 2. The Balaban J connectivity index is 1.59. The molecule has 2 aromatic carbocycles. The Morgan fingerprint density at radius 2 is 1.86 bits per heavy atom. The van der Waals surface area contributed by atoms with E-state index in [1.165, 1.54) is 17.0 Å². The van der Waals surface area contributed by atoms with Crippen LogP contribution in [-0.2, 0) is 20.7 Å². The predicted molar refractivity (Wildman–Crippen MR) is 106 cm³/mol. The second-order valence-corrected chi connectivity index (χ2v) is 7.30. The lowest BCUT2D eigenvalue weighted by Crippen LogP contribution is -2.54. The number of para-hydroxylation sites is 2. The lowest BCUT2D eigenvalue weighted by Gasteiger charge is -2.37. The van der Waals surface area contributed by atoms with Gasteiger partial charge in [0, 0.05) is 23.7 Å². The summed E-state index contributed by atoms with van der Waals surface area (Å²) in [5.74, 6) is -0.635. The number of carbonyl (C=O) groups excluding carboxylic acids is 2. The van der Waals surface area contributed by atoms with Crippen molar-refractivity contribution in [1.82, 2.24) is 4.90 Å². The highest BCUT2D eigenvalue weighted by molar-refractivity contribution is 6.31. The molecule has 0 N–H and O–H groups in total. The van der Waals surface area contributed by atoms with Gasteiger partial charge in [0.25, 0.3) is 5.91 Å². The maximum Gasteiger partial charge on any atom is 0.265 e. The summed E-state index contributed by atoms with van der Waals surface area (Å²) >= 11 is 6.09. The average Bonchev–Trinajstić information content (AvgIpc) is 2.75. The lowest BCUT2D eigenvalue weighted by atomic mass is 10.1. The van der Waals surface area contributed by atoms with Gasteiger partial charge < -0.3 is 19.3 Å². The van der Waals surface area contributed by atoms with E-state index in [4.69, 9.17) is 21.1 Å². The van der Waals surface area contributed by atoms with E-state index in [-0.39, 0.29) is 35.4 Å². The van der Waals surface area contributed by atoms with Crippen molar-refractivity contribution in [3.63, 3.8) is 0 Å². The van der Waals surface area contributed by atoms with Gasteiger partial charge in [-0.05, 0) is 24.3 Å². The van der Waals surface area contributed by atoms with Crippen LogP contribution < -0.4 is 9.64 Å². The second kappa shape index (κ2) is 8.39. The minimum absolute atomic E-state index is 0.0537. The molecule has 152 valence electrons. The largest absolute Gasteiger partial charge is 0.476 e. The highest BCUT2D eigenvalue weighted by Gasteiger charge is 2.36. The molecule has 0 spiro atoms. The van der Waals surface area contributed by atoms with Gasteiger partial charge in [0.2, 0.25) is 5.91 Å². The van der Waals surface area contributed by atoms with Gasteiger partial charge in [-0.25, -0.2) is 4.39 Å². The van der Waals surface area contributed by atoms with Gasteiger partial charge in [0.1, 0.15) is 11.6 Å². The number of carbonyl (C=O) groups is 2. The Bertz CT molecular complexity index is 912. The van der Waals surface area contributed by atoms with Gasteiger partial charge in [0.05, 0.1) is 31.9 Å². The molecule has 2 heterocycles. The van der Waals surface area contributed by atoms with Gasteiger partial charge in [-0.15, -0.1) is 0 Å². The first kappa shape index (κ1) is 19.7. The molecule has 2 aliphatic heterocycles. The van der Waals surface area contributed by atoms with Gasteiger partial charge >= 0.3 is 0 Å².